The van der Waals surface area contributed by atoms with Crippen molar-refractivity contribution in [2.24, 2.45) is 0 Å². The Morgan fingerprint density at radius 2 is 2.21 bits per heavy atom. The number of anilines is 1. The molecule has 2 rings (SSSR count). The van der Waals surface area contributed by atoms with Gasteiger partial charge in [-0.2, -0.15) is 4.31 Å². The van der Waals surface area contributed by atoms with E-state index in [0.717, 1.165) is 16.4 Å². The molecule has 1 aromatic carbocycles. The number of halogens is 1. The first-order chi connectivity index (χ1) is 8.87. The Labute approximate surface area is 111 Å². The first-order valence-electron chi connectivity index (χ1n) is 6.06. The van der Waals surface area contributed by atoms with Gasteiger partial charge in [-0.15, -0.1) is 0 Å². The Bertz CT molecular complexity index is 589. The predicted octanol–water partition coefficient (Wildman–Crippen LogP) is 0.862. The average molecular weight is 288 g/mol. The second-order valence-corrected chi connectivity index (χ2v) is 6.59. The van der Waals surface area contributed by atoms with Crippen LogP contribution in [0.15, 0.2) is 17.0 Å². The lowest BCUT2D eigenvalue weighted by atomic mass is 10.2. The van der Waals surface area contributed by atoms with Crippen molar-refractivity contribution in [2.45, 2.75) is 30.7 Å². The topological polar surface area (TPSA) is 83.6 Å². The van der Waals surface area contributed by atoms with Crippen LogP contribution in [0, 0.1) is 12.7 Å². The van der Waals surface area contributed by atoms with E-state index in [9.17, 15) is 17.9 Å². The normalized spacial score (nSPS) is 20.9. The van der Waals surface area contributed by atoms with Gasteiger partial charge < -0.3 is 10.8 Å². The molecule has 1 atom stereocenters. The van der Waals surface area contributed by atoms with Crippen molar-refractivity contribution in [3.63, 3.8) is 0 Å². The van der Waals surface area contributed by atoms with Crippen molar-refractivity contribution >= 4 is 15.7 Å². The van der Waals surface area contributed by atoms with Crippen molar-refractivity contribution in [3.05, 3.63) is 23.5 Å². The summed E-state index contributed by atoms with van der Waals surface area (Å²) in [5.41, 5.74) is 6.39. The molecule has 0 saturated carbocycles. The van der Waals surface area contributed by atoms with Crippen LogP contribution in [-0.2, 0) is 10.0 Å². The molecular formula is C12H17FN2O3S. The predicted molar refractivity (Wildman–Crippen MR) is 69.5 cm³/mol. The molecule has 1 unspecified atom stereocenters. The summed E-state index contributed by atoms with van der Waals surface area (Å²) in [6, 6.07) is 1.78. The molecule has 1 heterocycles. The SMILES string of the molecule is Cc1cc(F)c(S(=O)(=O)N2CCCC2CO)cc1N. The van der Waals surface area contributed by atoms with E-state index in [1.807, 2.05) is 0 Å². The van der Waals surface area contributed by atoms with Gasteiger partial charge in [0.15, 0.2) is 0 Å². The number of sulfonamides is 1. The number of hydrogen-bond donors (Lipinski definition) is 2. The molecule has 0 bridgehead atoms. The molecule has 19 heavy (non-hydrogen) atoms. The zero-order valence-corrected chi connectivity index (χ0v) is 11.5. The van der Waals surface area contributed by atoms with Crippen LogP contribution in [0.5, 0.6) is 0 Å². The monoisotopic (exact) mass is 288 g/mol. The van der Waals surface area contributed by atoms with E-state index in [4.69, 9.17) is 5.73 Å². The Hall–Kier alpha value is -1.18. The van der Waals surface area contributed by atoms with Crippen molar-refractivity contribution in [1.82, 2.24) is 4.31 Å². The number of benzene rings is 1. The van der Waals surface area contributed by atoms with E-state index < -0.39 is 26.8 Å². The van der Waals surface area contributed by atoms with E-state index in [1.165, 1.54) is 0 Å². The average Bonchev–Trinajstić information content (AvgIpc) is 2.82. The number of hydrogen-bond acceptors (Lipinski definition) is 4. The van der Waals surface area contributed by atoms with Crippen LogP contribution in [0.2, 0.25) is 0 Å². The zero-order chi connectivity index (χ0) is 14.2. The minimum absolute atomic E-state index is 0.236. The molecule has 3 N–H and O–H groups in total. The Morgan fingerprint density at radius 1 is 1.53 bits per heavy atom. The molecule has 1 saturated heterocycles. The highest BCUT2D eigenvalue weighted by Crippen LogP contribution is 2.29. The number of aliphatic hydroxyl groups is 1. The van der Waals surface area contributed by atoms with E-state index in [2.05, 4.69) is 0 Å². The molecule has 0 aromatic heterocycles. The quantitative estimate of drug-likeness (QED) is 0.808. The highest BCUT2D eigenvalue weighted by molar-refractivity contribution is 7.89. The maximum Gasteiger partial charge on any atom is 0.246 e. The van der Waals surface area contributed by atoms with E-state index >= 15 is 0 Å². The van der Waals surface area contributed by atoms with Gasteiger partial charge in [0, 0.05) is 18.3 Å². The molecule has 0 radical (unpaired) electrons. The third kappa shape index (κ3) is 2.45. The lowest BCUT2D eigenvalue weighted by molar-refractivity contribution is 0.213. The molecular weight excluding hydrogens is 271 g/mol. The van der Waals surface area contributed by atoms with Gasteiger partial charge in [-0.25, -0.2) is 12.8 Å². The molecule has 5 nitrogen and oxygen atoms in total. The van der Waals surface area contributed by atoms with Crippen molar-refractivity contribution < 1.29 is 17.9 Å². The standard InChI is InChI=1S/C12H17FN2O3S/c1-8-5-10(13)12(6-11(8)14)19(17,18)15-4-2-3-9(15)7-16/h5-6,9,16H,2-4,7,14H2,1H3. The van der Waals surface area contributed by atoms with Crippen LogP contribution in [0.3, 0.4) is 0 Å². The second-order valence-electron chi connectivity index (χ2n) is 4.73. The van der Waals surface area contributed by atoms with Crippen LogP contribution in [0.25, 0.3) is 0 Å². The Morgan fingerprint density at radius 3 is 2.84 bits per heavy atom. The lowest BCUT2D eigenvalue weighted by Gasteiger charge is -2.23. The summed E-state index contributed by atoms with van der Waals surface area (Å²) < 4.78 is 39.9. The fourth-order valence-corrected chi connectivity index (χ4v) is 4.07. The third-order valence-electron chi connectivity index (χ3n) is 3.44. The fourth-order valence-electron chi connectivity index (χ4n) is 2.30. The van der Waals surface area contributed by atoms with Gasteiger partial charge in [0.2, 0.25) is 10.0 Å². The molecule has 1 aliphatic heterocycles. The molecule has 1 aliphatic rings. The van der Waals surface area contributed by atoms with Crippen molar-refractivity contribution in [3.8, 4) is 0 Å². The minimum atomic E-state index is -3.95. The molecule has 106 valence electrons. The van der Waals surface area contributed by atoms with E-state index in [1.54, 1.807) is 6.92 Å². The minimum Gasteiger partial charge on any atom is -0.398 e. The summed E-state index contributed by atoms with van der Waals surface area (Å²) >= 11 is 0. The molecule has 1 fully saturated rings. The highest BCUT2D eigenvalue weighted by atomic mass is 32.2. The summed E-state index contributed by atoms with van der Waals surface area (Å²) in [5.74, 6) is -0.810. The third-order valence-corrected chi connectivity index (χ3v) is 5.41. The number of nitrogens with zero attached hydrogens (tertiary/aromatic N) is 1. The number of rotatable bonds is 3. The highest BCUT2D eigenvalue weighted by Gasteiger charge is 2.36. The fraction of sp³-hybridized carbons (Fsp3) is 0.500. The first-order valence-corrected chi connectivity index (χ1v) is 7.50. The van der Waals surface area contributed by atoms with Gasteiger partial charge in [-0.1, -0.05) is 0 Å². The van der Waals surface area contributed by atoms with Crippen LogP contribution >= 0.6 is 0 Å². The summed E-state index contributed by atoms with van der Waals surface area (Å²) in [4.78, 5) is -0.420. The second kappa shape index (κ2) is 5.07. The Balaban J connectivity index is 2.48. The van der Waals surface area contributed by atoms with Crippen molar-refractivity contribution in [2.75, 3.05) is 18.9 Å². The summed E-state index contributed by atoms with van der Waals surface area (Å²) in [7, 11) is -3.95. The van der Waals surface area contributed by atoms with Crippen LogP contribution in [0.1, 0.15) is 18.4 Å². The van der Waals surface area contributed by atoms with Gasteiger partial charge in [-0.05, 0) is 37.5 Å². The lowest BCUT2D eigenvalue weighted by Crippen LogP contribution is -2.38. The maximum absolute atomic E-state index is 13.9. The van der Waals surface area contributed by atoms with Crippen LogP contribution in [-0.4, -0.2) is 37.0 Å². The summed E-state index contributed by atoms with van der Waals surface area (Å²) in [6.45, 7) is 1.64. The summed E-state index contributed by atoms with van der Waals surface area (Å²) in [6.07, 6.45) is 1.24. The zero-order valence-electron chi connectivity index (χ0n) is 10.6. The van der Waals surface area contributed by atoms with Gasteiger partial charge in [0.1, 0.15) is 10.7 Å². The van der Waals surface area contributed by atoms with Gasteiger partial charge in [-0.3, -0.25) is 0 Å². The van der Waals surface area contributed by atoms with E-state index in [-0.39, 0.29) is 12.3 Å². The van der Waals surface area contributed by atoms with Gasteiger partial charge in [0.25, 0.3) is 0 Å². The Kier molecular flexibility index (Phi) is 3.80. The molecule has 0 spiro atoms. The maximum atomic E-state index is 13.9. The van der Waals surface area contributed by atoms with E-state index in [0.29, 0.717) is 24.9 Å². The molecule has 1 aromatic rings. The largest absolute Gasteiger partial charge is 0.398 e. The molecule has 0 aliphatic carbocycles. The first kappa shape index (κ1) is 14.2. The number of aryl methyl sites for hydroxylation is 1. The summed E-state index contributed by atoms with van der Waals surface area (Å²) in [5, 5.41) is 9.19. The van der Waals surface area contributed by atoms with Gasteiger partial charge >= 0.3 is 0 Å². The van der Waals surface area contributed by atoms with Gasteiger partial charge in [0.05, 0.1) is 6.61 Å². The number of nitrogen functional groups attached to an aromatic ring is 1. The number of aliphatic hydroxyl groups excluding tert-OH is 1. The van der Waals surface area contributed by atoms with Crippen molar-refractivity contribution in [1.29, 1.82) is 0 Å². The number of nitrogens with two attached hydrogens (primary N) is 1. The van der Waals surface area contributed by atoms with Crippen LogP contribution < -0.4 is 5.73 Å². The molecule has 0 amide bonds. The van der Waals surface area contributed by atoms with Crippen LogP contribution in [0.4, 0.5) is 10.1 Å². The smallest absolute Gasteiger partial charge is 0.246 e. The molecule has 7 heteroatoms.